The van der Waals surface area contributed by atoms with Gasteiger partial charge in [0.25, 0.3) is 0 Å². The van der Waals surface area contributed by atoms with Gasteiger partial charge in [-0.2, -0.15) is 0 Å². The standard InChI is InChI=1S/C19H19ClN2O3/c1-10(2)6-17(23)21-13-7-11(3)18(24)14(9-13)19-22-15-8-12(20)4-5-16(15)25-19/h4-5,7-10,24H,6H2,1-3H3,(H,21,23). The molecule has 0 atom stereocenters. The molecule has 25 heavy (non-hydrogen) atoms. The quantitative estimate of drug-likeness (QED) is 0.632. The third-order valence-electron chi connectivity index (χ3n) is 3.76. The molecule has 2 N–H and O–H groups in total. The summed E-state index contributed by atoms with van der Waals surface area (Å²) >= 11 is 5.98. The van der Waals surface area contributed by atoms with Crippen LogP contribution in [0.15, 0.2) is 34.7 Å². The molecular weight excluding hydrogens is 340 g/mol. The Morgan fingerprint density at radius 1 is 1.32 bits per heavy atom. The number of phenolic OH excluding ortho intramolecular Hbond substituents is 1. The van der Waals surface area contributed by atoms with Crippen molar-refractivity contribution in [1.82, 2.24) is 4.98 Å². The summed E-state index contributed by atoms with van der Waals surface area (Å²) in [5, 5.41) is 13.8. The van der Waals surface area contributed by atoms with Crippen LogP contribution in [0.4, 0.5) is 5.69 Å². The lowest BCUT2D eigenvalue weighted by Crippen LogP contribution is -2.14. The summed E-state index contributed by atoms with van der Waals surface area (Å²) in [7, 11) is 0. The average molecular weight is 359 g/mol. The van der Waals surface area contributed by atoms with Gasteiger partial charge in [0.05, 0.1) is 5.56 Å². The third kappa shape index (κ3) is 3.77. The number of aromatic hydroxyl groups is 1. The molecule has 0 bridgehead atoms. The van der Waals surface area contributed by atoms with Crippen molar-refractivity contribution < 1.29 is 14.3 Å². The van der Waals surface area contributed by atoms with Crippen LogP contribution in [0.25, 0.3) is 22.6 Å². The second-order valence-corrected chi connectivity index (χ2v) is 6.90. The van der Waals surface area contributed by atoms with Gasteiger partial charge in [-0.1, -0.05) is 25.4 Å². The maximum absolute atomic E-state index is 12.0. The Labute approximate surface area is 150 Å². The second-order valence-electron chi connectivity index (χ2n) is 6.47. The number of oxazole rings is 1. The molecule has 0 fully saturated rings. The molecule has 0 saturated carbocycles. The highest BCUT2D eigenvalue weighted by molar-refractivity contribution is 6.31. The number of nitrogens with one attached hydrogen (secondary N) is 1. The number of benzene rings is 2. The number of aromatic nitrogens is 1. The normalized spacial score (nSPS) is 11.2. The number of anilines is 1. The SMILES string of the molecule is Cc1cc(NC(=O)CC(C)C)cc(-c2nc3cc(Cl)ccc3o2)c1O. The Balaban J connectivity index is 2.00. The number of carbonyl (C=O) groups is 1. The van der Waals surface area contributed by atoms with E-state index in [0.29, 0.717) is 39.4 Å². The average Bonchev–Trinajstić information content (AvgIpc) is 2.92. The minimum absolute atomic E-state index is 0.0690. The highest BCUT2D eigenvalue weighted by atomic mass is 35.5. The molecule has 0 radical (unpaired) electrons. The Morgan fingerprint density at radius 2 is 2.08 bits per heavy atom. The first kappa shape index (κ1) is 17.3. The van der Waals surface area contributed by atoms with E-state index in [2.05, 4.69) is 10.3 Å². The van der Waals surface area contributed by atoms with Gasteiger partial charge in [-0.25, -0.2) is 4.98 Å². The van der Waals surface area contributed by atoms with Crippen LogP contribution in [0.5, 0.6) is 5.75 Å². The van der Waals surface area contributed by atoms with E-state index < -0.39 is 0 Å². The van der Waals surface area contributed by atoms with Crippen LogP contribution < -0.4 is 5.32 Å². The summed E-state index contributed by atoms with van der Waals surface area (Å²) in [5.41, 5.74) is 2.82. The van der Waals surface area contributed by atoms with Gasteiger partial charge < -0.3 is 14.8 Å². The number of amides is 1. The number of carbonyl (C=O) groups excluding carboxylic acids is 1. The predicted molar refractivity (Wildman–Crippen MR) is 98.9 cm³/mol. The fourth-order valence-corrected chi connectivity index (χ4v) is 2.78. The third-order valence-corrected chi connectivity index (χ3v) is 3.99. The van der Waals surface area contributed by atoms with Gasteiger partial charge in [-0.15, -0.1) is 0 Å². The van der Waals surface area contributed by atoms with Crippen molar-refractivity contribution in [2.75, 3.05) is 5.32 Å². The Morgan fingerprint density at radius 3 is 2.80 bits per heavy atom. The summed E-state index contributed by atoms with van der Waals surface area (Å²) in [6, 6.07) is 8.52. The summed E-state index contributed by atoms with van der Waals surface area (Å²) in [6.07, 6.45) is 0.427. The largest absolute Gasteiger partial charge is 0.507 e. The van der Waals surface area contributed by atoms with Gasteiger partial charge in [-0.3, -0.25) is 4.79 Å². The number of hydrogen-bond donors (Lipinski definition) is 2. The molecule has 3 aromatic rings. The van der Waals surface area contributed by atoms with Crippen LogP contribution in [0.1, 0.15) is 25.8 Å². The number of rotatable bonds is 4. The highest BCUT2D eigenvalue weighted by Gasteiger charge is 2.16. The van der Waals surface area contributed by atoms with Crippen molar-refractivity contribution >= 4 is 34.3 Å². The highest BCUT2D eigenvalue weighted by Crippen LogP contribution is 2.36. The van der Waals surface area contributed by atoms with E-state index >= 15 is 0 Å². The van der Waals surface area contributed by atoms with Crippen LogP contribution >= 0.6 is 11.6 Å². The minimum atomic E-state index is -0.0737. The first-order chi connectivity index (χ1) is 11.8. The molecule has 0 spiro atoms. The Hall–Kier alpha value is -2.53. The zero-order chi connectivity index (χ0) is 18.1. The number of aryl methyl sites for hydroxylation is 1. The zero-order valence-electron chi connectivity index (χ0n) is 14.3. The van der Waals surface area contributed by atoms with Crippen LogP contribution in [-0.2, 0) is 4.79 Å². The van der Waals surface area contributed by atoms with Crippen LogP contribution in [0.2, 0.25) is 5.02 Å². The lowest BCUT2D eigenvalue weighted by atomic mass is 10.1. The van der Waals surface area contributed by atoms with Gasteiger partial charge >= 0.3 is 0 Å². The summed E-state index contributed by atoms with van der Waals surface area (Å²) in [5.74, 6) is 0.534. The van der Waals surface area contributed by atoms with Crippen molar-refractivity contribution in [2.45, 2.75) is 27.2 Å². The van der Waals surface area contributed by atoms with Crippen molar-refractivity contribution in [1.29, 1.82) is 0 Å². The van der Waals surface area contributed by atoms with E-state index in [-0.39, 0.29) is 23.5 Å². The number of phenols is 1. The van der Waals surface area contributed by atoms with Gasteiger partial charge in [0.1, 0.15) is 11.3 Å². The topological polar surface area (TPSA) is 75.4 Å². The molecule has 0 saturated heterocycles. The molecular formula is C19H19ClN2O3. The first-order valence-corrected chi connectivity index (χ1v) is 8.41. The maximum Gasteiger partial charge on any atom is 0.231 e. The molecule has 0 aliphatic carbocycles. The van der Waals surface area contributed by atoms with E-state index in [9.17, 15) is 9.90 Å². The number of fused-ring (bicyclic) bond motifs is 1. The molecule has 6 heteroatoms. The summed E-state index contributed by atoms with van der Waals surface area (Å²) in [4.78, 5) is 16.4. The zero-order valence-corrected chi connectivity index (χ0v) is 15.0. The first-order valence-electron chi connectivity index (χ1n) is 8.03. The molecule has 2 aromatic carbocycles. The maximum atomic E-state index is 12.0. The van der Waals surface area contributed by atoms with Gasteiger partial charge in [0.15, 0.2) is 5.58 Å². The van der Waals surface area contributed by atoms with Gasteiger partial charge in [-0.05, 0) is 48.7 Å². The monoisotopic (exact) mass is 358 g/mol. The minimum Gasteiger partial charge on any atom is -0.507 e. The van der Waals surface area contributed by atoms with Gasteiger partial charge in [0.2, 0.25) is 11.8 Å². The fourth-order valence-electron chi connectivity index (χ4n) is 2.61. The van der Waals surface area contributed by atoms with Crippen molar-refractivity contribution in [3.8, 4) is 17.2 Å². The summed E-state index contributed by atoms with van der Waals surface area (Å²) in [6.45, 7) is 5.73. The van der Waals surface area contributed by atoms with E-state index in [1.54, 1.807) is 37.3 Å². The van der Waals surface area contributed by atoms with E-state index in [0.717, 1.165) is 0 Å². The molecule has 3 rings (SSSR count). The van der Waals surface area contributed by atoms with Gasteiger partial charge in [0, 0.05) is 17.1 Å². The predicted octanol–water partition coefficient (Wildman–Crippen LogP) is 5.15. The lowest BCUT2D eigenvalue weighted by Gasteiger charge is -2.11. The molecule has 0 aliphatic rings. The number of hydrogen-bond acceptors (Lipinski definition) is 4. The molecule has 0 aliphatic heterocycles. The molecule has 5 nitrogen and oxygen atoms in total. The smallest absolute Gasteiger partial charge is 0.231 e. The molecule has 130 valence electrons. The van der Waals surface area contributed by atoms with Crippen molar-refractivity contribution in [3.63, 3.8) is 0 Å². The second kappa shape index (κ2) is 6.76. The number of nitrogens with zero attached hydrogens (tertiary/aromatic N) is 1. The molecule has 1 heterocycles. The lowest BCUT2D eigenvalue weighted by molar-refractivity contribution is -0.116. The van der Waals surface area contributed by atoms with Crippen molar-refractivity contribution in [3.05, 3.63) is 40.9 Å². The van der Waals surface area contributed by atoms with Crippen LogP contribution in [0.3, 0.4) is 0 Å². The Kier molecular flexibility index (Phi) is 4.68. The fraction of sp³-hybridized carbons (Fsp3) is 0.263. The van der Waals surface area contributed by atoms with Crippen molar-refractivity contribution in [2.24, 2.45) is 5.92 Å². The Bertz CT molecular complexity index is 947. The molecule has 0 unspecified atom stereocenters. The van der Waals surface area contributed by atoms with E-state index in [1.807, 2.05) is 13.8 Å². The van der Waals surface area contributed by atoms with Crippen LogP contribution in [0, 0.1) is 12.8 Å². The summed E-state index contributed by atoms with van der Waals surface area (Å²) < 4.78 is 5.73. The van der Waals surface area contributed by atoms with Crippen LogP contribution in [-0.4, -0.2) is 16.0 Å². The number of halogens is 1. The van der Waals surface area contributed by atoms with E-state index in [1.165, 1.54) is 0 Å². The molecule has 1 aromatic heterocycles. The van der Waals surface area contributed by atoms with E-state index in [4.69, 9.17) is 16.0 Å². The molecule has 1 amide bonds.